The van der Waals surface area contributed by atoms with Crippen LogP contribution in [0.3, 0.4) is 0 Å². The van der Waals surface area contributed by atoms with Crippen LogP contribution in [0.1, 0.15) is 44.1 Å². The summed E-state index contributed by atoms with van der Waals surface area (Å²) in [4.78, 5) is 27.8. The highest BCUT2D eigenvalue weighted by Crippen LogP contribution is 2.30. The highest BCUT2D eigenvalue weighted by Gasteiger charge is 2.26. The van der Waals surface area contributed by atoms with E-state index in [0.717, 1.165) is 23.1 Å². The molecule has 8 nitrogen and oxygen atoms in total. The molecule has 0 unspecified atom stereocenters. The van der Waals surface area contributed by atoms with Gasteiger partial charge in [-0.05, 0) is 25.0 Å². The van der Waals surface area contributed by atoms with E-state index in [1.807, 2.05) is 42.2 Å². The number of benzene rings is 2. The Morgan fingerprint density at radius 3 is 2.67 bits per heavy atom. The molecule has 4 rings (SSSR count). The largest absolute Gasteiger partial charge is 0.493 e. The van der Waals surface area contributed by atoms with Gasteiger partial charge in [-0.1, -0.05) is 42.0 Å². The Bertz CT molecular complexity index is 1170. The molecule has 3 aromatic rings. The first-order valence-corrected chi connectivity index (χ1v) is 10.9. The number of nitrogens with one attached hydrogen (secondary N) is 1. The maximum atomic E-state index is 13.2. The second-order valence-corrected chi connectivity index (χ2v) is 8.04. The lowest BCUT2D eigenvalue weighted by atomic mass is 10.1. The smallest absolute Gasteiger partial charge is 0.272 e. The summed E-state index contributed by atoms with van der Waals surface area (Å²) in [6, 6.07) is 15.2. The van der Waals surface area contributed by atoms with Crippen molar-refractivity contribution in [2.24, 2.45) is 0 Å². The number of aryl methyl sites for hydroxylation is 2. The van der Waals surface area contributed by atoms with Crippen LogP contribution in [0.4, 0.5) is 0 Å². The van der Waals surface area contributed by atoms with Gasteiger partial charge in [0.15, 0.2) is 17.2 Å². The molecule has 0 spiro atoms. The topological polar surface area (TPSA) is 85.7 Å². The van der Waals surface area contributed by atoms with E-state index in [1.54, 1.807) is 31.0 Å². The Labute approximate surface area is 193 Å². The van der Waals surface area contributed by atoms with E-state index in [4.69, 9.17) is 9.47 Å². The average molecular weight is 449 g/mol. The fourth-order valence-corrected chi connectivity index (χ4v) is 4.09. The zero-order valence-corrected chi connectivity index (χ0v) is 19.1. The van der Waals surface area contributed by atoms with Crippen molar-refractivity contribution in [2.45, 2.75) is 33.0 Å². The van der Waals surface area contributed by atoms with Crippen LogP contribution in [-0.4, -0.2) is 47.3 Å². The molecule has 1 aromatic heterocycles. The lowest BCUT2D eigenvalue weighted by molar-refractivity contribution is 0.0745. The minimum absolute atomic E-state index is 0.116. The molecule has 1 aliphatic heterocycles. The number of aromatic nitrogens is 2. The average Bonchev–Trinajstić information content (AvgIpc) is 3.19. The van der Waals surface area contributed by atoms with Crippen molar-refractivity contribution in [1.82, 2.24) is 20.0 Å². The van der Waals surface area contributed by atoms with Crippen molar-refractivity contribution in [3.63, 3.8) is 0 Å². The summed E-state index contributed by atoms with van der Waals surface area (Å²) in [5.41, 5.74) is 3.68. The Hall–Kier alpha value is -3.81. The van der Waals surface area contributed by atoms with Crippen molar-refractivity contribution >= 4 is 11.8 Å². The number of para-hydroxylation sites is 1. The van der Waals surface area contributed by atoms with Gasteiger partial charge in [-0.3, -0.25) is 14.3 Å². The van der Waals surface area contributed by atoms with Gasteiger partial charge in [-0.2, -0.15) is 5.10 Å². The van der Waals surface area contributed by atoms with Crippen LogP contribution in [0.15, 0.2) is 48.5 Å². The molecule has 33 heavy (non-hydrogen) atoms. The zero-order chi connectivity index (χ0) is 23.4. The molecule has 2 amide bonds. The molecule has 1 aliphatic rings. The monoisotopic (exact) mass is 448 g/mol. The molecule has 0 saturated carbocycles. The predicted molar refractivity (Wildman–Crippen MR) is 123 cm³/mol. The van der Waals surface area contributed by atoms with E-state index in [-0.39, 0.29) is 24.1 Å². The minimum atomic E-state index is -0.349. The van der Waals surface area contributed by atoms with Gasteiger partial charge in [-0.25, -0.2) is 0 Å². The number of hydrogen-bond donors (Lipinski definition) is 1. The molecule has 8 heteroatoms. The molecule has 172 valence electrons. The molecule has 2 aromatic carbocycles. The second-order valence-electron chi connectivity index (χ2n) is 8.04. The molecule has 0 bridgehead atoms. The number of nitrogens with zero attached hydrogens (tertiary/aromatic N) is 3. The van der Waals surface area contributed by atoms with Crippen LogP contribution in [0.5, 0.6) is 11.5 Å². The third kappa shape index (κ3) is 4.84. The maximum Gasteiger partial charge on any atom is 0.272 e. The molecular formula is C25H28N4O4. The summed E-state index contributed by atoms with van der Waals surface area (Å²) in [5, 5.41) is 7.27. The van der Waals surface area contributed by atoms with Crippen molar-refractivity contribution in [2.75, 3.05) is 20.8 Å². The Morgan fingerprint density at radius 2 is 1.91 bits per heavy atom. The number of carbonyl (C=O) groups is 2. The molecule has 0 atom stereocenters. The van der Waals surface area contributed by atoms with Crippen molar-refractivity contribution in [3.8, 4) is 11.5 Å². The van der Waals surface area contributed by atoms with Gasteiger partial charge in [0.1, 0.15) is 5.69 Å². The SMILES string of the molecule is COc1cccc(CNC(=O)c2cc3n(n2)CCCN(Cc2cccc(C)c2)C3=O)c1OC. The first-order valence-electron chi connectivity index (χ1n) is 10.9. The Morgan fingerprint density at radius 1 is 1.09 bits per heavy atom. The minimum Gasteiger partial charge on any atom is -0.493 e. The quantitative estimate of drug-likeness (QED) is 0.600. The van der Waals surface area contributed by atoms with E-state index in [2.05, 4.69) is 16.5 Å². The van der Waals surface area contributed by atoms with Crippen LogP contribution in [0.25, 0.3) is 0 Å². The van der Waals surface area contributed by atoms with Crippen LogP contribution in [-0.2, 0) is 19.6 Å². The summed E-state index contributed by atoms with van der Waals surface area (Å²) < 4.78 is 12.4. The van der Waals surface area contributed by atoms with Crippen molar-refractivity contribution in [1.29, 1.82) is 0 Å². The molecule has 1 N–H and O–H groups in total. The van der Waals surface area contributed by atoms with E-state index >= 15 is 0 Å². The van der Waals surface area contributed by atoms with Gasteiger partial charge in [0.25, 0.3) is 11.8 Å². The predicted octanol–water partition coefficient (Wildman–Crippen LogP) is 3.18. The first kappa shape index (κ1) is 22.4. The molecule has 0 aliphatic carbocycles. The van der Waals surface area contributed by atoms with Gasteiger partial charge in [0.05, 0.1) is 14.2 Å². The number of methoxy groups -OCH3 is 2. The van der Waals surface area contributed by atoms with E-state index in [1.165, 1.54) is 0 Å². The highest BCUT2D eigenvalue weighted by atomic mass is 16.5. The number of hydrogen-bond acceptors (Lipinski definition) is 5. The summed E-state index contributed by atoms with van der Waals surface area (Å²) >= 11 is 0. The summed E-state index contributed by atoms with van der Waals surface area (Å²) in [6.45, 7) is 4.04. The first-order chi connectivity index (χ1) is 16.0. The van der Waals surface area contributed by atoms with Gasteiger partial charge in [-0.15, -0.1) is 0 Å². The third-order valence-corrected chi connectivity index (χ3v) is 5.70. The number of fused-ring (bicyclic) bond motifs is 1. The number of amides is 2. The summed E-state index contributed by atoms with van der Waals surface area (Å²) in [5.74, 6) is 0.702. The number of ether oxygens (including phenoxy) is 2. The second kappa shape index (κ2) is 9.77. The lowest BCUT2D eigenvalue weighted by Crippen LogP contribution is -2.30. The van der Waals surface area contributed by atoms with Gasteiger partial charge in [0, 0.05) is 37.8 Å². The summed E-state index contributed by atoms with van der Waals surface area (Å²) in [7, 11) is 3.13. The number of rotatable bonds is 7. The Kier molecular flexibility index (Phi) is 6.63. The molecule has 0 saturated heterocycles. The third-order valence-electron chi connectivity index (χ3n) is 5.70. The van der Waals surface area contributed by atoms with Crippen LogP contribution in [0.2, 0.25) is 0 Å². The van der Waals surface area contributed by atoms with Gasteiger partial charge in [0.2, 0.25) is 0 Å². The standard InChI is InChI=1S/C25H28N4O4/c1-17-7-4-8-18(13-17)16-28-11-6-12-29-21(25(28)31)14-20(27-29)24(30)26-15-19-9-5-10-22(32-2)23(19)33-3/h4-5,7-10,13-14H,6,11-12,15-16H2,1-3H3,(H,26,30). The van der Waals surface area contributed by atoms with Crippen molar-refractivity contribution < 1.29 is 19.1 Å². The Balaban J connectivity index is 1.48. The highest BCUT2D eigenvalue weighted by molar-refractivity contribution is 5.98. The van der Waals surface area contributed by atoms with Gasteiger partial charge < -0.3 is 19.7 Å². The number of carbonyl (C=O) groups excluding carboxylic acids is 2. The fraction of sp³-hybridized carbons (Fsp3) is 0.320. The molecule has 0 fully saturated rings. The van der Waals surface area contributed by atoms with E-state index in [9.17, 15) is 9.59 Å². The van der Waals surface area contributed by atoms with Crippen LogP contribution in [0, 0.1) is 6.92 Å². The van der Waals surface area contributed by atoms with Crippen molar-refractivity contribution in [3.05, 3.63) is 76.6 Å². The lowest BCUT2D eigenvalue weighted by Gasteiger charge is -2.20. The maximum absolute atomic E-state index is 13.2. The normalized spacial score (nSPS) is 13.3. The van der Waals surface area contributed by atoms with E-state index < -0.39 is 0 Å². The summed E-state index contributed by atoms with van der Waals surface area (Å²) in [6.07, 6.45) is 0.772. The fourth-order valence-electron chi connectivity index (χ4n) is 4.09. The van der Waals surface area contributed by atoms with Crippen LogP contribution < -0.4 is 14.8 Å². The zero-order valence-electron chi connectivity index (χ0n) is 19.1. The molecule has 2 heterocycles. The van der Waals surface area contributed by atoms with Crippen LogP contribution >= 0.6 is 0 Å². The van der Waals surface area contributed by atoms with E-state index in [0.29, 0.717) is 36.8 Å². The molecule has 0 radical (unpaired) electrons. The molecular weight excluding hydrogens is 420 g/mol. The van der Waals surface area contributed by atoms with Gasteiger partial charge >= 0.3 is 0 Å².